The van der Waals surface area contributed by atoms with Crippen molar-refractivity contribution in [2.45, 2.75) is 0 Å². The molecule has 0 fully saturated rings. The topological polar surface area (TPSA) is 41.9 Å². The molecule has 4 nitrogen and oxygen atoms in total. The van der Waals surface area contributed by atoms with Gasteiger partial charge in [0.25, 0.3) is 0 Å². The second kappa shape index (κ2) is 4.19. The summed E-state index contributed by atoms with van der Waals surface area (Å²) in [6.07, 6.45) is 3.58. The van der Waals surface area contributed by atoms with E-state index in [9.17, 15) is 5.21 Å². The van der Waals surface area contributed by atoms with E-state index in [-0.39, 0.29) is 0 Å². The van der Waals surface area contributed by atoms with E-state index in [1.54, 1.807) is 34.3 Å². The molecule has 1 N–H and O–H groups in total. The Hall–Kier alpha value is -2.11. The Morgan fingerprint density at radius 3 is 2.75 bits per heavy atom. The summed E-state index contributed by atoms with van der Waals surface area (Å²) in [5.74, 6) is 0. The molecule has 0 atom stereocenters. The third-order valence-electron chi connectivity index (χ3n) is 3.28. The fourth-order valence-corrected chi connectivity index (χ4v) is 3.18. The molecule has 0 unspecified atom stereocenters. The van der Waals surface area contributed by atoms with Crippen LogP contribution in [-0.4, -0.2) is 15.0 Å². The first kappa shape index (κ1) is 11.7. The van der Waals surface area contributed by atoms with Crippen molar-refractivity contribution in [3.8, 4) is 5.69 Å². The number of benzene rings is 1. The molecule has 4 rings (SSSR count). The first-order chi connectivity index (χ1) is 9.74. The maximum atomic E-state index is 10.3. The lowest BCUT2D eigenvalue weighted by atomic mass is 10.2. The zero-order valence-corrected chi connectivity index (χ0v) is 11.8. The van der Waals surface area contributed by atoms with Gasteiger partial charge in [0.15, 0.2) is 5.52 Å². The summed E-state index contributed by atoms with van der Waals surface area (Å²) in [4.78, 5) is 6.42. The Bertz CT molecular complexity index is 927. The standard InChI is InChI=1S/C14H9ClN3OS/c15-9-1-3-10(4-2-9)17-8-12-11-5-6-20-14(11)16-7-13(12)18(17)19/h1-8,19H/q+1. The van der Waals surface area contributed by atoms with Crippen molar-refractivity contribution in [2.24, 2.45) is 0 Å². The van der Waals surface area contributed by atoms with Crippen molar-refractivity contribution in [1.82, 2.24) is 9.83 Å². The summed E-state index contributed by atoms with van der Waals surface area (Å²) in [6, 6.07) is 9.31. The number of thiophene rings is 1. The average molecular weight is 303 g/mol. The number of hydrogen-bond donors (Lipinski definition) is 1. The predicted molar refractivity (Wildman–Crippen MR) is 78.8 cm³/mol. The molecule has 6 heteroatoms. The number of nitrogens with zero attached hydrogens (tertiary/aromatic N) is 3. The van der Waals surface area contributed by atoms with Crippen LogP contribution in [0.25, 0.3) is 26.8 Å². The van der Waals surface area contributed by atoms with Crippen molar-refractivity contribution >= 4 is 44.1 Å². The van der Waals surface area contributed by atoms with Gasteiger partial charge in [-0.05, 0) is 28.3 Å². The zero-order chi connectivity index (χ0) is 13.7. The van der Waals surface area contributed by atoms with Gasteiger partial charge >= 0.3 is 0 Å². The first-order valence-corrected chi connectivity index (χ1v) is 7.24. The SMILES string of the molecule is On1c2cnc3sccc3c2c[n+]1-c1ccc(Cl)cc1. The lowest BCUT2D eigenvalue weighted by Gasteiger charge is -1.95. The van der Waals surface area contributed by atoms with E-state index in [2.05, 4.69) is 4.98 Å². The van der Waals surface area contributed by atoms with Gasteiger partial charge in [0.05, 0.1) is 11.6 Å². The van der Waals surface area contributed by atoms with Crippen molar-refractivity contribution < 1.29 is 9.89 Å². The van der Waals surface area contributed by atoms with Crippen LogP contribution in [0.4, 0.5) is 0 Å². The summed E-state index contributed by atoms with van der Waals surface area (Å²) < 4.78 is 1.67. The first-order valence-electron chi connectivity index (χ1n) is 5.99. The van der Waals surface area contributed by atoms with Gasteiger partial charge in [-0.15, -0.1) is 11.3 Å². The second-order valence-corrected chi connectivity index (χ2v) is 5.77. The summed E-state index contributed by atoms with van der Waals surface area (Å²) in [7, 11) is 0. The van der Waals surface area contributed by atoms with Crippen LogP contribution in [0.3, 0.4) is 0 Å². The molecule has 1 aromatic carbocycles. The molecular formula is C14H9ClN3OS+. The van der Waals surface area contributed by atoms with Crippen LogP contribution in [0.15, 0.2) is 48.1 Å². The van der Waals surface area contributed by atoms with Gasteiger partial charge < -0.3 is 5.21 Å². The van der Waals surface area contributed by atoms with E-state index in [0.717, 1.165) is 26.1 Å². The summed E-state index contributed by atoms with van der Waals surface area (Å²) >= 11 is 7.48. The Morgan fingerprint density at radius 1 is 1.15 bits per heavy atom. The number of pyridine rings is 1. The van der Waals surface area contributed by atoms with Crippen LogP contribution in [0, 0.1) is 0 Å². The third kappa shape index (κ3) is 1.60. The number of halogens is 1. The number of fused-ring (bicyclic) bond motifs is 3. The van der Waals surface area contributed by atoms with Crippen LogP contribution in [-0.2, 0) is 0 Å². The smallest absolute Gasteiger partial charge is 0.239 e. The highest BCUT2D eigenvalue weighted by atomic mass is 35.5. The quantitative estimate of drug-likeness (QED) is 0.432. The number of hydrogen-bond acceptors (Lipinski definition) is 3. The lowest BCUT2D eigenvalue weighted by Crippen LogP contribution is -2.38. The van der Waals surface area contributed by atoms with Gasteiger partial charge in [-0.1, -0.05) is 11.6 Å². The Balaban J connectivity index is 2.05. The molecule has 0 saturated heterocycles. The van der Waals surface area contributed by atoms with E-state index in [0.29, 0.717) is 10.5 Å². The van der Waals surface area contributed by atoms with E-state index >= 15 is 0 Å². The molecular weight excluding hydrogens is 294 g/mol. The van der Waals surface area contributed by atoms with Crippen LogP contribution >= 0.6 is 22.9 Å². The van der Waals surface area contributed by atoms with Crippen LogP contribution in [0.2, 0.25) is 5.02 Å². The van der Waals surface area contributed by atoms with E-state index in [4.69, 9.17) is 11.6 Å². The normalized spacial score (nSPS) is 11.4. The van der Waals surface area contributed by atoms with Gasteiger partial charge in [0.1, 0.15) is 4.83 Å². The molecule has 0 bridgehead atoms. The van der Waals surface area contributed by atoms with Gasteiger partial charge in [0.2, 0.25) is 11.9 Å². The minimum atomic E-state index is 0.664. The van der Waals surface area contributed by atoms with E-state index in [1.807, 2.05) is 29.8 Å². The van der Waals surface area contributed by atoms with Crippen molar-refractivity contribution in [1.29, 1.82) is 0 Å². The fraction of sp³-hybridized carbons (Fsp3) is 0. The maximum Gasteiger partial charge on any atom is 0.239 e. The second-order valence-electron chi connectivity index (χ2n) is 4.44. The van der Waals surface area contributed by atoms with Crippen LogP contribution in [0.5, 0.6) is 0 Å². The molecule has 4 aromatic rings. The highest BCUT2D eigenvalue weighted by Gasteiger charge is 2.20. The molecule has 0 saturated carbocycles. The van der Waals surface area contributed by atoms with Crippen molar-refractivity contribution in [3.05, 3.63) is 53.1 Å². The monoisotopic (exact) mass is 302 g/mol. The molecule has 0 radical (unpaired) electrons. The molecule has 98 valence electrons. The predicted octanol–water partition coefficient (Wildman–Crippen LogP) is 3.42. The highest BCUT2D eigenvalue weighted by Crippen LogP contribution is 2.26. The summed E-state index contributed by atoms with van der Waals surface area (Å²) in [5, 5.41) is 15.0. The van der Waals surface area contributed by atoms with E-state index < -0.39 is 0 Å². The molecule has 3 heterocycles. The van der Waals surface area contributed by atoms with Crippen molar-refractivity contribution in [2.75, 3.05) is 0 Å². The Morgan fingerprint density at radius 2 is 1.95 bits per heavy atom. The van der Waals surface area contributed by atoms with E-state index in [1.165, 1.54) is 0 Å². The molecule has 0 spiro atoms. The molecule has 20 heavy (non-hydrogen) atoms. The maximum absolute atomic E-state index is 10.3. The summed E-state index contributed by atoms with van der Waals surface area (Å²) in [5.41, 5.74) is 1.50. The largest absolute Gasteiger partial charge is 0.383 e. The molecule has 0 aliphatic rings. The minimum Gasteiger partial charge on any atom is -0.383 e. The average Bonchev–Trinajstić information content (AvgIpc) is 3.04. The Kier molecular flexibility index (Phi) is 2.45. The molecule has 3 aromatic heterocycles. The third-order valence-corrected chi connectivity index (χ3v) is 4.35. The van der Waals surface area contributed by atoms with Crippen LogP contribution in [0.1, 0.15) is 0 Å². The fourth-order valence-electron chi connectivity index (χ4n) is 2.30. The Labute approximate surface area is 123 Å². The summed E-state index contributed by atoms with van der Waals surface area (Å²) in [6.45, 7) is 0. The van der Waals surface area contributed by atoms with Crippen LogP contribution < -0.4 is 4.68 Å². The number of aromatic nitrogens is 3. The highest BCUT2D eigenvalue weighted by molar-refractivity contribution is 7.16. The number of rotatable bonds is 1. The minimum absolute atomic E-state index is 0.664. The zero-order valence-electron chi connectivity index (χ0n) is 10.2. The van der Waals surface area contributed by atoms with Gasteiger partial charge in [-0.25, -0.2) is 4.98 Å². The van der Waals surface area contributed by atoms with Gasteiger partial charge in [0, 0.05) is 27.4 Å². The lowest BCUT2D eigenvalue weighted by molar-refractivity contribution is -0.713. The van der Waals surface area contributed by atoms with Gasteiger partial charge in [-0.3, -0.25) is 0 Å². The molecule has 0 aliphatic heterocycles. The van der Waals surface area contributed by atoms with Gasteiger partial charge in [-0.2, -0.15) is 0 Å². The van der Waals surface area contributed by atoms with Crippen molar-refractivity contribution in [3.63, 3.8) is 0 Å². The molecule has 0 amide bonds. The molecule has 0 aliphatic carbocycles.